The molecule has 0 aromatic carbocycles. The Hall–Kier alpha value is -0.650. The van der Waals surface area contributed by atoms with Crippen molar-refractivity contribution in [2.75, 3.05) is 13.1 Å². The van der Waals surface area contributed by atoms with Gasteiger partial charge in [-0.1, -0.05) is 6.58 Å². The van der Waals surface area contributed by atoms with Crippen LogP contribution in [0.3, 0.4) is 0 Å². The van der Waals surface area contributed by atoms with E-state index >= 15 is 0 Å². The van der Waals surface area contributed by atoms with Gasteiger partial charge in [0.15, 0.2) is 6.04 Å². The number of rotatable bonds is 2. The van der Waals surface area contributed by atoms with Gasteiger partial charge in [0.05, 0.1) is 0 Å². The average Bonchev–Trinajstić information content (AvgIpc) is 2.05. The molecule has 1 heterocycles. The summed E-state index contributed by atoms with van der Waals surface area (Å²) >= 11 is 0. The molecule has 88 valence electrons. The number of alkyl halides is 4. The third-order valence-corrected chi connectivity index (χ3v) is 2.43. The van der Waals surface area contributed by atoms with Crippen LogP contribution in [0.4, 0.5) is 22.0 Å². The average molecular weight is 229 g/mol. The Morgan fingerprint density at radius 3 is 2.07 bits per heavy atom. The normalized spacial score (nSPS) is 22.7. The Morgan fingerprint density at radius 1 is 1.27 bits per heavy atom. The standard InChI is InChI=1S/C9H12F5N/c1-6(10)8(9(12,13)14)15-4-2-7(11)3-5-15/h7-8H,1-5H2. The van der Waals surface area contributed by atoms with Crippen molar-refractivity contribution < 1.29 is 22.0 Å². The molecule has 15 heavy (non-hydrogen) atoms. The van der Waals surface area contributed by atoms with E-state index in [9.17, 15) is 22.0 Å². The predicted molar refractivity (Wildman–Crippen MR) is 45.8 cm³/mol. The second-order valence-corrected chi connectivity index (χ2v) is 3.60. The van der Waals surface area contributed by atoms with Gasteiger partial charge in [0.1, 0.15) is 12.0 Å². The van der Waals surface area contributed by atoms with Gasteiger partial charge >= 0.3 is 6.18 Å². The zero-order chi connectivity index (χ0) is 11.6. The van der Waals surface area contributed by atoms with E-state index in [0.29, 0.717) is 0 Å². The van der Waals surface area contributed by atoms with E-state index in [4.69, 9.17) is 0 Å². The van der Waals surface area contributed by atoms with E-state index in [1.807, 2.05) is 0 Å². The molecule has 0 aromatic rings. The van der Waals surface area contributed by atoms with Gasteiger partial charge in [-0.25, -0.2) is 8.78 Å². The molecule has 1 nitrogen and oxygen atoms in total. The molecule has 1 aliphatic heterocycles. The molecule has 0 saturated carbocycles. The first kappa shape index (κ1) is 12.4. The van der Waals surface area contributed by atoms with Gasteiger partial charge in [0, 0.05) is 13.1 Å². The Bertz CT molecular complexity index is 229. The molecule has 0 aromatic heterocycles. The lowest BCUT2D eigenvalue weighted by Gasteiger charge is -2.35. The summed E-state index contributed by atoms with van der Waals surface area (Å²) in [6.07, 6.45) is -5.74. The number of piperidine rings is 1. The number of nitrogens with zero attached hydrogens (tertiary/aromatic N) is 1. The molecule has 1 atom stereocenters. The maximum absolute atomic E-state index is 12.7. The fraction of sp³-hybridized carbons (Fsp3) is 0.778. The van der Waals surface area contributed by atoms with Gasteiger partial charge in [-0.3, -0.25) is 4.90 Å². The zero-order valence-corrected chi connectivity index (χ0v) is 8.03. The predicted octanol–water partition coefficient (Wildman–Crippen LogP) is 2.83. The maximum Gasteiger partial charge on any atom is 0.410 e. The minimum Gasteiger partial charge on any atom is -0.286 e. The fourth-order valence-corrected chi connectivity index (χ4v) is 1.71. The van der Waals surface area contributed by atoms with Crippen LogP contribution in [0.15, 0.2) is 12.4 Å². The summed E-state index contributed by atoms with van der Waals surface area (Å²) in [4.78, 5) is 0.887. The van der Waals surface area contributed by atoms with Crippen LogP contribution >= 0.6 is 0 Å². The highest BCUT2D eigenvalue weighted by Gasteiger charge is 2.46. The van der Waals surface area contributed by atoms with Gasteiger partial charge in [-0.2, -0.15) is 13.2 Å². The largest absolute Gasteiger partial charge is 0.410 e. The third-order valence-electron chi connectivity index (χ3n) is 2.43. The van der Waals surface area contributed by atoms with E-state index < -0.39 is 24.2 Å². The summed E-state index contributed by atoms with van der Waals surface area (Å²) in [5.41, 5.74) is 0. The smallest absolute Gasteiger partial charge is 0.286 e. The van der Waals surface area contributed by atoms with Crippen molar-refractivity contribution in [3.05, 3.63) is 12.4 Å². The van der Waals surface area contributed by atoms with E-state index in [1.165, 1.54) is 0 Å². The fourth-order valence-electron chi connectivity index (χ4n) is 1.71. The number of likely N-dealkylation sites (tertiary alicyclic amines) is 1. The van der Waals surface area contributed by atoms with Crippen LogP contribution < -0.4 is 0 Å². The highest BCUT2D eigenvalue weighted by Crippen LogP contribution is 2.32. The van der Waals surface area contributed by atoms with Crippen LogP contribution in [-0.4, -0.2) is 36.4 Å². The van der Waals surface area contributed by atoms with E-state index in [2.05, 4.69) is 6.58 Å². The van der Waals surface area contributed by atoms with Crippen LogP contribution in [0.2, 0.25) is 0 Å². The molecule has 1 aliphatic rings. The molecule has 0 N–H and O–H groups in total. The summed E-state index contributed by atoms with van der Waals surface area (Å²) in [5.74, 6) is -1.43. The van der Waals surface area contributed by atoms with Crippen molar-refractivity contribution in [3.8, 4) is 0 Å². The molecular weight excluding hydrogens is 217 g/mol. The molecule has 1 rings (SSSR count). The molecule has 1 saturated heterocycles. The van der Waals surface area contributed by atoms with Crippen molar-refractivity contribution >= 4 is 0 Å². The number of hydrogen-bond acceptors (Lipinski definition) is 1. The van der Waals surface area contributed by atoms with Gasteiger partial charge in [0.2, 0.25) is 0 Å². The first-order valence-electron chi connectivity index (χ1n) is 4.61. The first-order chi connectivity index (χ1) is 6.82. The molecule has 0 spiro atoms. The SMILES string of the molecule is C=C(F)C(N1CCC(F)CC1)C(F)(F)F. The van der Waals surface area contributed by atoms with Crippen LogP contribution in [0.5, 0.6) is 0 Å². The minimum absolute atomic E-state index is 0.0137. The molecule has 1 unspecified atom stereocenters. The summed E-state index contributed by atoms with van der Waals surface area (Å²) in [7, 11) is 0. The molecule has 0 aliphatic carbocycles. The van der Waals surface area contributed by atoms with Crippen molar-refractivity contribution in [2.45, 2.75) is 31.2 Å². The van der Waals surface area contributed by atoms with Crippen molar-refractivity contribution in [1.82, 2.24) is 4.90 Å². The molecule has 0 bridgehead atoms. The number of halogens is 5. The zero-order valence-electron chi connectivity index (χ0n) is 8.03. The summed E-state index contributed by atoms with van der Waals surface area (Å²) in [6.45, 7) is 2.52. The van der Waals surface area contributed by atoms with E-state index in [-0.39, 0.29) is 25.9 Å². The Kier molecular flexibility index (Phi) is 3.70. The Labute approximate surface area is 84.6 Å². The molecular formula is C9H12F5N. The van der Waals surface area contributed by atoms with Crippen LogP contribution in [0.1, 0.15) is 12.8 Å². The van der Waals surface area contributed by atoms with Crippen molar-refractivity contribution in [1.29, 1.82) is 0 Å². The summed E-state index contributed by atoms with van der Waals surface area (Å²) in [5, 5.41) is 0. The lowest BCUT2D eigenvalue weighted by Crippen LogP contribution is -2.49. The van der Waals surface area contributed by atoms with Gasteiger partial charge in [-0.05, 0) is 12.8 Å². The summed E-state index contributed by atoms with van der Waals surface area (Å²) < 4.78 is 62.6. The van der Waals surface area contributed by atoms with E-state index in [0.717, 1.165) is 4.90 Å². The third kappa shape index (κ3) is 3.15. The lowest BCUT2D eigenvalue weighted by atomic mass is 10.1. The summed E-state index contributed by atoms with van der Waals surface area (Å²) in [6, 6.07) is -2.29. The van der Waals surface area contributed by atoms with Crippen LogP contribution in [-0.2, 0) is 0 Å². The van der Waals surface area contributed by atoms with Crippen molar-refractivity contribution in [2.24, 2.45) is 0 Å². The minimum atomic E-state index is -4.69. The molecule has 0 amide bonds. The highest BCUT2D eigenvalue weighted by molar-refractivity contribution is 5.02. The molecule has 6 heteroatoms. The topological polar surface area (TPSA) is 3.24 Å². The van der Waals surface area contributed by atoms with E-state index in [1.54, 1.807) is 0 Å². The second-order valence-electron chi connectivity index (χ2n) is 3.60. The van der Waals surface area contributed by atoms with Gasteiger partial charge in [-0.15, -0.1) is 0 Å². The monoisotopic (exact) mass is 229 g/mol. The molecule has 1 fully saturated rings. The lowest BCUT2D eigenvalue weighted by molar-refractivity contribution is -0.180. The maximum atomic E-state index is 12.7. The quantitative estimate of drug-likeness (QED) is 0.658. The number of hydrogen-bond donors (Lipinski definition) is 0. The van der Waals surface area contributed by atoms with Crippen molar-refractivity contribution in [3.63, 3.8) is 0 Å². The first-order valence-corrected chi connectivity index (χ1v) is 4.61. The second kappa shape index (κ2) is 4.47. The Balaban J connectivity index is 2.69. The Morgan fingerprint density at radius 2 is 1.73 bits per heavy atom. The van der Waals surface area contributed by atoms with Gasteiger partial charge < -0.3 is 0 Å². The highest BCUT2D eigenvalue weighted by atomic mass is 19.4. The van der Waals surface area contributed by atoms with Crippen LogP contribution in [0, 0.1) is 0 Å². The van der Waals surface area contributed by atoms with Crippen LogP contribution in [0.25, 0.3) is 0 Å². The van der Waals surface area contributed by atoms with Gasteiger partial charge in [0.25, 0.3) is 0 Å². The molecule has 0 radical (unpaired) electrons.